The molecule has 4 aliphatic rings. The number of hydrogen-bond donors (Lipinski definition) is 3. The fourth-order valence-corrected chi connectivity index (χ4v) is 6.73. The highest BCUT2D eigenvalue weighted by atomic mass is 19.4. The number of carboxylic acid groups (broad SMARTS) is 2. The molecule has 0 amide bonds. The molecule has 2 heterocycles. The van der Waals surface area contributed by atoms with Crippen molar-refractivity contribution >= 4 is 11.9 Å². The molecule has 0 unspecified atom stereocenters. The van der Waals surface area contributed by atoms with Crippen LogP contribution in [0.5, 0.6) is 0 Å². The predicted octanol–water partition coefficient (Wildman–Crippen LogP) is 5.52. The highest BCUT2D eigenvalue weighted by Crippen LogP contribution is 2.53. The smallest absolute Gasteiger partial charge is 0.475 e. The van der Waals surface area contributed by atoms with E-state index >= 15 is 0 Å². The molecular weight excluding hydrogens is 558 g/mol. The molecule has 0 bridgehead atoms. The van der Waals surface area contributed by atoms with Gasteiger partial charge in [0.2, 0.25) is 0 Å². The molecule has 0 radical (unpaired) electrons. The summed E-state index contributed by atoms with van der Waals surface area (Å²) < 4.78 is 63.5. The lowest BCUT2D eigenvalue weighted by Gasteiger charge is -2.45. The standard InChI is InChI=1S/C24H36N2O.2C2HF3O2/c27-23-22(26-15-7-1-2-8-16-26)20-11-5-6-12-21(20)24(23)13-17-25(18-14-24)19-9-3-4-10-19;2*3-2(4,5)1(6)7/h5-6,11-12,19,22-23,27H,1-4,7-10,13-18H2;2*(H,6,7)/t22-,23+;;/m1../s1. The maximum atomic E-state index is 11.7. The minimum atomic E-state index is -5.08. The first-order chi connectivity index (χ1) is 19.2. The fraction of sp³-hybridized carbons (Fsp3) is 0.714. The van der Waals surface area contributed by atoms with E-state index in [1.165, 1.54) is 75.6 Å². The second-order valence-electron chi connectivity index (χ2n) is 11.2. The van der Waals surface area contributed by atoms with Crippen LogP contribution >= 0.6 is 0 Å². The molecule has 7 nitrogen and oxygen atoms in total. The third-order valence-corrected chi connectivity index (χ3v) is 8.73. The second kappa shape index (κ2) is 13.7. The van der Waals surface area contributed by atoms with E-state index in [4.69, 9.17) is 19.8 Å². The second-order valence-corrected chi connectivity index (χ2v) is 11.2. The Bertz CT molecular complexity index is 988. The van der Waals surface area contributed by atoms with E-state index in [1.54, 1.807) is 0 Å². The maximum absolute atomic E-state index is 11.7. The quantitative estimate of drug-likeness (QED) is 0.387. The zero-order valence-electron chi connectivity index (χ0n) is 22.8. The molecule has 0 aromatic heterocycles. The van der Waals surface area contributed by atoms with Gasteiger partial charge in [0.25, 0.3) is 0 Å². The molecule has 1 aromatic rings. The highest BCUT2D eigenvalue weighted by molar-refractivity contribution is 5.73. The molecule has 41 heavy (non-hydrogen) atoms. The van der Waals surface area contributed by atoms with Crippen LogP contribution in [-0.2, 0) is 15.0 Å². The molecule has 2 aliphatic carbocycles. The molecule has 2 aliphatic heterocycles. The molecule has 1 aromatic carbocycles. The number of hydrogen-bond acceptors (Lipinski definition) is 5. The van der Waals surface area contributed by atoms with Crippen molar-refractivity contribution in [2.45, 2.75) is 100 Å². The van der Waals surface area contributed by atoms with Crippen molar-refractivity contribution in [2.24, 2.45) is 0 Å². The molecule has 5 rings (SSSR count). The van der Waals surface area contributed by atoms with Crippen LogP contribution in [0.15, 0.2) is 24.3 Å². The molecular formula is C28H38F6N2O5. The van der Waals surface area contributed by atoms with Crippen LogP contribution in [0.3, 0.4) is 0 Å². The third kappa shape index (κ3) is 8.13. The van der Waals surface area contributed by atoms with Gasteiger partial charge >= 0.3 is 24.3 Å². The number of aliphatic carboxylic acids is 2. The van der Waals surface area contributed by atoms with Gasteiger partial charge in [-0.15, -0.1) is 0 Å². The summed E-state index contributed by atoms with van der Waals surface area (Å²) in [6, 6.07) is 10.1. The fourth-order valence-electron chi connectivity index (χ4n) is 6.73. The molecule has 1 spiro atoms. The van der Waals surface area contributed by atoms with Crippen molar-refractivity contribution in [3.8, 4) is 0 Å². The van der Waals surface area contributed by atoms with Gasteiger partial charge in [-0.1, -0.05) is 49.9 Å². The molecule has 2 atom stereocenters. The molecule has 2 saturated heterocycles. The molecule has 3 N–H and O–H groups in total. The van der Waals surface area contributed by atoms with E-state index in [2.05, 4.69) is 34.1 Å². The van der Waals surface area contributed by atoms with Gasteiger partial charge in [0.1, 0.15) is 0 Å². The van der Waals surface area contributed by atoms with E-state index in [0.29, 0.717) is 0 Å². The summed E-state index contributed by atoms with van der Waals surface area (Å²) in [5, 5.41) is 26.0. The van der Waals surface area contributed by atoms with Gasteiger partial charge in [-0.25, -0.2) is 9.59 Å². The first-order valence-corrected chi connectivity index (χ1v) is 14.0. The summed E-state index contributed by atoms with van der Waals surface area (Å²) in [5.41, 5.74) is 2.89. The average Bonchev–Trinajstić information content (AvgIpc) is 3.42. The average molecular weight is 597 g/mol. The minimum Gasteiger partial charge on any atom is -0.475 e. The SMILES string of the molecule is O=C(O)C(F)(F)F.O=C(O)C(F)(F)F.O[C@H]1[C@H](N2CCCCCC2)c2ccccc2C12CCN(C1CCCC1)CC2. The number of piperidine rings is 1. The van der Waals surface area contributed by atoms with Crippen LogP contribution in [0.1, 0.15) is 81.4 Å². The van der Waals surface area contributed by atoms with Crippen molar-refractivity contribution in [3.63, 3.8) is 0 Å². The first kappa shape index (κ1) is 33.1. The van der Waals surface area contributed by atoms with Gasteiger partial charge in [-0.05, 0) is 75.8 Å². The predicted molar refractivity (Wildman–Crippen MR) is 137 cm³/mol. The number of benzene rings is 1. The van der Waals surface area contributed by atoms with Gasteiger partial charge in [0.05, 0.1) is 12.1 Å². The highest BCUT2D eigenvalue weighted by Gasteiger charge is 2.54. The van der Waals surface area contributed by atoms with Crippen LogP contribution in [0.4, 0.5) is 26.3 Å². The number of nitrogens with zero attached hydrogens (tertiary/aromatic N) is 2. The number of aliphatic hydroxyl groups excluding tert-OH is 1. The third-order valence-electron chi connectivity index (χ3n) is 8.73. The lowest BCUT2D eigenvalue weighted by Crippen LogP contribution is -2.51. The van der Waals surface area contributed by atoms with Crippen molar-refractivity contribution in [1.29, 1.82) is 0 Å². The van der Waals surface area contributed by atoms with E-state index in [0.717, 1.165) is 32.0 Å². The van der Waals surface area contributed by atoms with Crippen LogP contribution < -0.4 is 0 Å². The van der Waals surface area contributed by atoms with Gasteiger partial charge in [-0.3, -0.25) is 4.90 Å². The Labute approximate surface area is 235 Å². The first-order valence-electron chi connectivity index (χ1n) is 14.0. The maximum Gasteiger partial charge on any atom is 0.490 e. The molecule has 3 fully saturated rings. The normalized spacial score (nSPS) is 25.3. The van der Waals surface area contributed by atoms with Crippen molar-refractivity contribution in [2.75, 3.05) is 26.2 Å². The van der Waals surface area contributed by atoms with Crippen molar-refractivity contribution in [1.82, 2.24) is 9.80 Å². The number of alkyl halides is 6. The van der Waals surface area contributed by atoms with Crippen LogP contribution in [0, 0.1) is 0 Å². The lowest BCUT2D eigenvalue weighted by molar-refractivity contribution is -0.193. The van der Waals surface area contributed by atoms with Gasteiger partial charge < -0.3 is 20.2 Å². The summed E-state index contributed by atoms with van der Waals surface area (Å²) in [6.45, 7) is 4.65. The number of likely N-dealkylation sites (tertiary alicyclic amines) is 2. The number of aliphatic hydroxyl groups is 1. The Morgan fingerprint density at radius 1 is 0.732 bits per heavy atom. The minimum absolute atomic E-state index is 0.0112. The Kier molecular flexibility index (Phi) is 11.1. The topological polar surface area (TPSA) is 101 Å². The Hall–Kier alpha value is -2.38. The zero-order valence-corrected chi connectivity index (χ0v) is 22.8. The summed E-state index contributed by atoms with van der Waals surface area (Å²) in [4.78, 5) is 23.2. The monoisotopic (exact) mass is 596 g/mol. The van der Waals surface area contributed by atoms with Crippen LogP contribution in [0.2, 0.25) is 0 Å². The van der Waals surface area contributed by atoms with Crippen LogP contribution in [0.25, 0.3) is 0 Å². The number of rotatable bonds is 2. The summed E-state index contributed by atoms with van der Waals surface area (Å²) in [5.74, 6) is -5.51. The molecule has 232 valence electrons. The summed E-state index contributed by atoms with van der Waals surface area (Å²) >= 11 is 0. The summed E-state index contributed by atoms with van der Waals surface area (Å²) in [7, 11) is 0. The molecule has 13 heteroatoms. The number of carboxylic acids is 2. The lowest BCUT2D eigenvalue weighted by atomic mass is 9.71. The van der Waals surface area contributed by atoms with Crippen molar-refractivity contribution in [3.05, 3.63) is 35.4 Å². The number of halogens is 6. The zero-order chi connectivity index (χ0) is 30.4. The summed E-state index contributed by atoms with van der Waals surface area (Å²) in [6.07, 6.45) is 2.73. The molecule has 1 saturated carbocycles. The van der Waals surface area contributed by atoms with Gasteiger partial charge in [0, 0.05) is 11.5 Å². The van der Waals surface area contributed by atoms with Crippen molar-refractivity contribution < 1.29 is 51.3 Å². The Morgan fingerprint density at radius 3 is 1.66 bits per heavy atom. The number of fused-ring (bicyclic) bond motifs is 2. The van der Waals surface area contributed by atoms with Crippen LogP contribution in [-0.4, -0.2) is 87.7 Å². The Balaban J connectivity index is 0.000000276. The van der Waals surface area contributed by atoms with E-state index in [9.17, 15) is 31.4 Å². The van der Waals surface area contributed by atoms with Gasteiger partial charge in [-0.2, -0.15) is 26.3 Å². The Morgan fingerprint density at radius 2 is 1.20 bits per heavy atom. The van der Waals surface area contributed by atoms with Gasteiger partial charge in [0.15, 0.2) is 0 Å². The van der Waals surface area contributed by atoms with E-state index < -0.39 is 24.3 Å². The van der Waals surface area contributed by atoms with E-state index in [1.807, 2.05) is 0 Å². The largest absolute Gasteiger partial charge is 0.490 e. The number of carbonyl (C=O) groups is 2. The van der Waals surface area contributed by atoms with E-state index in [-0.39, 0.29) is 17.6 Å².